The summed E-state index contributed by atoms with van der Waals surface area (Å²) in [6, 6.07) is 61.9. The summed E-state index contributed by atoms with van der Waals surface area (Å²) in [6.07, 6.45) is 2.00. The van der Waals surface area contributed by atoms with Gasteiger partial charge in [0.2, 0.25) is 0 Å². The van der Waals surface area contributed by atoms with Crippen molar-refractivity contribution in [2.45, 2.75) is 0 Å². The van der Waals surface area contributed by atoms with E-state index in [-0.39, 0.29) is 0 Å². The van der Waals surface area contributed by atoms with Crippen molar-refractivity contribution in [3.05, 3.63) is 182 Å². The molecule has 50 heavy (non-hydrogen) atoms. The number of aromatic nitrogens is 4. The molecule has 0 spiro atoms. The summed E-state index contributed by atoms with van der Waals surface area (Å²) < 4.78 is 4.18. The van der Waals surface area contributed by atoms with E-state index < -0.39 is 0 Å². The summed E-state index contributed by atoms with van der Waals surface area (Å²) in [4.78, 5) is 4.68. The maximum absolute atomic E-state index is 4.60. The van der Waals surface area contributed by atoms with E-state index in [1.54, 1.807) is 0 Å². The first-order chi connectivity index (χ1) is 24.8. The summed E-state index contributed by atoms with van der Waals surface area (Å²) >= 11 is 0. The summed E-state index contributed by atoms with van der Waals surface area (Å²) in [5, 5.41) is 11.6. The number of rotatable bonds is 5. The molecule has 0 amide bonds. The van der Waals surface area contributed by atoms with E-state index in [1.807, 2.05) is 10.9 Å². The SMILES string of the molecule is c1ccc(N2c3ccccc3N(c3ccc(-c4cn(-c5cccc(-n6c7ccccc7c7ccccc76)c5)nn4)cc3)c3ccccc32)cc1. The molecule has 1 aliphatic rings. The van der Waals surface area contributed by atoms with Gasteiger partial charge in [-0.05, 0) is 78.9 Å². The Hall–Kier alpha value is -6.92. The molecule has 2 aromatic heterocycles. The van der Waals surface area contributed by atoms with Crippen molar-refractivity contribution in [1.82, 2.24) is 19.6 Å². The molecule has 0 radical (unpaired) electrons. The smallest absolute Gasteiger partial charge is 0.113 e. The second-order valence-electron chi connectivity index (χ2n) is 12.5. The van der Waals surface area contributed by atoms with Crippen LogP contribution in [-0.4, -0.2) is 19.6 Å². The fraction of sp³-hybridized carbons (Fsp3) is 0. The van der Waals surface area contributed by atoms with Gasteiger partial charge in [0, 0.05) is 33.4 Å². The van der Waals surface area contributed by atoms with E-state index >= 15 is 0 Å². The van der Waals surface area contributed by atoms with Crippen LogP contribution >= 0.6 is 0 Å². The number of fused-ring (bicyclic) bond motifs is 5. The van der Waals surface area contributed by atoms with Gasteiger partial charge in [-0.3, -0.25) is 0 Å². The number of benzene rings is 7. The van der Waals surface area contributed by atoms with Crippen LogP contribution in [0.4, 0.5) is 34.1 Å². The van der Waals surface area contributed by atoms with E-state index in [4.69, 9.17) is 0 Å². The van der Waals surface area contributed by atoms with Gasteiger partial charge < -0.3 is 14.4 Å². The summed E-state index contributed by atoms with van der Waals surface area (Å²) in [5.74, 6) is 0. The van der Waals surface area contributed by atoms with Crippen LogP contribution in [0.5, 0.6) is 0 Å². The Balaban J connectivity index is 0.994. The largest absolute Gasteiger partial charge is 0.309 e. The van der Waals surface area contributed by atoms with Crippen LogP contribution in [0.2, 0.25) is 0 Å². The van der Waals surface area contributed by atoms with E-state index in [9.17, 15) is 0 Å². The highest BCUT2D eigenvalue weighted by Gasteiger charge is 2.30. The Labute approximate surface area is 289 Å². The molecule has 6 heteroatoms. The second-order valence-corrected chi connectivity index (χ2v) is 12.5. The van der Waals surface area contributed by atoms with Crippen LogP contribution in [0.25, 0.3) is 44.4 Å². The normalized spacial score (nSPS) is 12.3. The van der Waals surface area contributed by atoms with Crippen LogP contribution < -0.4 is 9.80 Å². The zero-order valence-corrected chi connectivity index (χ0v) is 27.0. The molecule has 6 nitrogen and oxygen atoms in total. The molecule has 0 bridgehead atoms. The van der Waals surface area contributed by atoms with Gasteiger partial charge in [-0.2, -0.15) is 0 Å². The van der Waals surface area contributed by atoms with Crippen LogP contribution in [0, 0.1) is 0 Å². The third-order valence-electron chi connectivity index (χ3n) is 9.59. The summed E-state index contributed by atoms with van der Waals surface area (Å²) in [5.41, 5.74) is 12.9. The minimum absolute atomic E-state index is 0.813. The molecule has 236 valence electrons. The lowest BCUT2D eigenvalue weighted by Crippen LogP contribution is -2.23. The van der Waals surface area contributed by atoms with Crippen molar-refractivity contribution in [2.75, 3.05) is 9.80 Å². The monoisotopic (exact) mass is 642 g/mol. The molecular formula is C44H30N6. The highest BCUT2D eigenvalue weighted by Crippen LogP contribution is 2.53. The molecule has 0 atom stereocenters. The van der Waals surface area contributed by atoms with Crippen LogP contribution in [-0.2, 0) is 0 Å². The molecule has 3 heterocycles. The van der Waals surface area contributed by atoms with Crippen molar-refractivity contribution >= 4 is 55.9 Å². The molecule has 0 unspecified atom stereocenters. The lowest BCUT2D eigenvalue weighted by Gasteiger charge is -2.40. The number of hydrogen-bond acceptors (Lipinski definition) is 4. The second kappa shape index (κ2) is 11.4. The average Bonchev–Trinajstić information content (AvgIpc) is 3.81. The van der Waals surface area contributed by atoms with Gasteiger partial charge in [-0.15, -0.1) is 5.10 Å². The van der Waals surface area contributed by atoms with E-state index in [2.05, 4.69) is 201 Å². The van der Waals surface area contributed by atoms with Gasteiger partial charge in [0.25, 0.3) is 0 Å². The predicted octanol–water partition coefficient (Wildman–Crippen LogP) is 11.3. The topological polar surface area (TPSA) is 42.1 Å². The summed E-state index contributed by atoms with van der Waals surface area (Å²) in [7, 11) is 0. The van der Waals surface area contributed by atoms with Crippen molar-refractivity contribution in [3.8, 4) is 22.6 Å². The zero-order chi connectivity index (χ0) is 33.0. The first-order valence-electron chi connectivity index (χ1n) is 16.8. The van der Waals surface area contributed by atoms with Gasteiger partial charge >= 0.3 is 0 Å². The molecule has 7 aromatic carbocycles. The highest BCUT2D eigenvalue weighted by molar-refractivity contribution is 6.09. The fourth-order valence-electron chi connectivity index (χ4n) is 7.36. The van der Waals surface area contributed by atoms with Gasteiger partial charge in [0.15, 0.2) is 0 Å². The Morgan fingerprint density at radius 2 is 0.860 bits per heavy atom. The molecule has 0 N–H and O–H groups in total. The Morgan fingerprint density at radius 1 is 0.380 bits per heavy atom. The Bertz CT molecular complexity index is 2570. The standard InChI is InChI=1S/C44H30N6/c1-2-13-32(14-3-1)48-41-21-8-10-23-43(41)49(44-24-11-9-22-42(44)48)33-27-25-31(26-28-33)38-30-47(46-45-38)34-15-12-16-35(29-34)50-39-19-6-4-17-36(39)37-18-5-7-20-40(37)50/h1-30H. The van der Waals surface area contributed by atoms with Crippen molar-refractivity contribution in [3.63, 3.8) is 0 Å². The minimum Gasteiger partial charge on any atom is -0.309 e. The number of para-hydroxylation sites is 7. The maximum atomic E-state index is 4.60. The van der Waals surface area contributed by atoms with Gasteiger partial charge in [-0.1, -0.05) is 102 Å². The van der Waals surface area contributed by atoms with E-state index in [0.717, 1.165) is 56.8 Å². The predicted molar refractivity (Wildman–Crippen MR) is 204 cm³/mol. The number of hydrogen-bond donors (Lipinski definition) is 0. The molecule has 9 aromatic rings. The molecule has 0 aliphatic carbocycles. The summed E-state index contributed by atoms with van der Waals surface area (Å²) in [6.45, 7) is 0. The van der Waals surface area contributed by atoms with Crippen molar-refractivity contribution in [2.24, 2.45) is 0 Å². The van der Waals surface area contributed by atoms with Crippen LogP contribution in [0.1, 0.15) is 0 Å². The number of nitrogens with zero attached hydrogens (tertiary/aromatic N) is 6. The van der Waals surface area contributed by atoms with Gasteiger partial charge in [-0.25, -0.2) is 4.68 Å². The Morgan fingerprint density at radius 3 is 1.46 bits per heavy atom. The van der Waals surface area contributed by atoms with Crippen molar-refractivity contribution in [1.29, 1.82) is 0 Å². The lowest BCUT2D eigenvalue weighted by molar-refractivity contribution is 0.803. The zero-order valence-electron chi connectivity index (χ0n) is 27.0. The van der Waals surface area contributed by atoms with Gasteiger partial charge in [0.1, 0.15) is 5.69 Å². The average molecular weight is 643 g/mol. The third-order valence-corrected chi connectivity index (χ3v) is 9.59. The minimum atomic E-state index is 0.813. The van der Waals surface area contributed by atoms with E-state index in [0.29, 0.717) is 0 Å². The molecule has 0 saturated carbocycles. The first kappa shape index (κ1) is 28.1. The fourth-order valence-corrected chi connectivity index (χ4v) is 7.36. The maximum Gasteiger partial charge on any atom is 0.113 e. The first-order valence-corrected chi connectivity index (χ1v) is 16.8. The lowest BCUT2D eigenvalue weighted by atomic mass is 10.0. The van der Waals surface area contributed by atoms with Crippen LogP contribution in [0.3, 0.4) is 0 Å². The third kappa shape index (κ3) is 4.43. The molecule has 1 aliphatic heterocycles. The Kier molecular flexibility index (Phi) is 6.39. The molecule has 0 saturated heterocycles. The molecule has 0 fully saturated rings. The quantitative estimate of drug-likeness (QED) is 0.187. The van der Waals surface area contributed by atoms with Crippen LogP contribution in [0.15, 0.2) is 182 Å². The van der Waals surface area contributed by atoms with Gasteiger partial charge in [0.05, 0.1) is 45.7 Å². The number of anilines is 6. The molecule has 10 rings (SSSR count). The highest BCUT2D eigenvalue weighted by atomic mass is 15.4. The van der Waals surface area contributed by atoms with Crippen molar-refractivity contribution < 1.29 is 0 Å². The molecular weight excluding hydrogens is 613 g/mol. The van der Waals surface area contributed by atoms with E-state index in [1.165, 1.54) is 21.8 Å².